The van der Waals surface area contributed by atoms with Crippen LogP contribution in [0.15, 0.2) is 47.1 Å². The highest BCUT2D eigenvalue weighted by Crippen LogP contribution is 2.25. The van der Waals surface area contributed by atoms with Crippen LogP contribution in [0.5, 0.6) is 0 Å². The molecule has 0 aliphatic rings. The molecule has 0 spiro atoms. The number of hydrogen-bond acceptors (Lipinski definition) is 6. The summed E-state index contributed by atoms with van der Waals surface area (Å²) in [6.45, 7) is 0.244. The third-order valence-corrected chi connectivity index (χ3v) is 3.44. The number of nitrogens with two attached hydrogens (primary N) is 1. The van der Waals surface area contributed by atoms with E-state index in [1.165, 1.54) is 6.07 Å². The van der Waals surface area contributed by atoms with Crippen molar-refractivity contribution in [2.45, 2.75) is 6.54 Å². The van der Waals surface area contributed by atoms with Gasteiger partial charge in [-0.1, -0.05) is 23.4 Å². The molecule has 2 N–H and O–H groups in total. The third-order valence-electron chi connectivity index (χ3n) is 3.44. The van der Waals surface area contributed by atoms with Gasteiger partial charge in [-0.25, -0.2) is 14.1 Å². The minimum Gasteiger partial charge on any atom is -0.351 e. The lowest BCUT2D eigenvalue weighted by Gasteiger charge is -2.04. The topological polar surface area (TPSA) is 95.7 Å². The second-order valence-electron chi connectivity index (χ2n) is 4.93. The van der Waals surface area contributed by atoms with Crippen LogP contribution < -0.4 is 5.73 Å². The zero-order chi connectivity index (χ0) is 15.8. The fourth-order valence-corrected chi connectivity index (χ4v) is 2.40. The fraction of sp³-hybridized carbons (Fsp3) is 0.0667. The van der Waals surface area contributed by atoms with Crippen LogP contribution in [-0.2, 0) is 6.54 Å². The van der Waals surface area contributed by atoms with E-state index >= 15 is 0 Å². The summed E-state index contributed by atoms with van der Waals surface area (Å²) in [5, 5.41) is 8.98. The molecule has 0 saturated heterocycles. The molecule has 0 fully saturated rings. The number of rotatable bonds is 3. The molecule has 0 aliphatic heterocycles. The van der Waals surface area contributed by atoms with Crippen molar-refractivity contribution in [3.05, 3.63) is 54.0 Å². The van der Waals surface area contributed by atoms with Crippen molar-refractivity contribution < 1.29 is 8.91 Å². The van der Waals surface area contributed by atoms with Gasteiger partial charge in [-0.05, 0) is 18.2 Å². The monoisotopic (exact) mass is 310 g/mol. The van der Waals surface area contributed by atoms with Gasteiger partial charge in [0.1, 0.15) is 11.5 Å². The summed E-state index contributed by atoms with van der Waals surface area (Å²) in [5.74, 6) is -0.0229. The SMILES string of the molecule is Nc1nc(-c2nn(Cc3ccccc3F)c3ncccc23)no1. The minimum absolute atomic E-state index is 0.0410. The first kappa shape index (κ1) is 13.4. The number of aromatic nitrogens is 5. The maximum atomic E-state index is 13.9. The van der Waals surface area contributed by atoms with Crippen molar-refractivity contribution in [2.24, 2.45) is 0 Å². The molecule has 4 aromatic rings. The van der Waals surface area contributed by atoms with Crippen LogP contribution in [-0.4, -0.2) is 24.9 Å². The molecule has 0 unspecified atom stereocenters. The second-order valence-corrected chi connectivity index (χ2v) is 4.93. The van der Waals surface area contributed by atoms with Crippen LogP contribution in [0.3, 0.4) is 0 Å². The zero-order valence-electron chi connectivity index (χ0n) is 11.8. The fourth-order valence-electron chi connectivity index (χ4n) is 2.40. The van der Waals surface area contributed by atoms with E-state index < -0.39 is 0 Å². The first-order valence-electron chi connectivity index (χ1n) is 6.87. The third kappa shape index (κ3) is 2.30. The Balaban J connectivity index is 1.86. The predicted octanol–water partition coefficient (Wildman–Crippen LogP) is 2.25. The highest BCUT2D eigenvalue weighted by atomic mass is 19.1. The minimum atomic E-state index is -0.294. The molecule has 0 bridgehead atoms. The van der Waals surface area contributed by atoms with Gasteiger partial charge >= 0.3 is 6.01 Å². The molecule has 4 rings (SSSR count). The van der Waals surface area contributed by atoms with Crippen LogP contribution in [0.25, 0.3) is 22.6 Å². The molecule has 0 radical (unpaired) electrons. The largest absolute Gasteiger partial charge is 0.351 e. The lowest BCUT2D eigenvalue weighted by molar-refractivity contribution is 0.436. The van der Waals surface area contributed by atoms with E-state index in [-0.39, 0.29) is 24.2 Å². The summed E-state index contributed by atoms with van der Waals surface area (Å²) in [7, 11) is 0. The molecule has 0 atom stereocenters. The van der Waals surface area contributed by atoms with E-state index in [0.29, 0.717) is 16.9 Å². The van der Waals surface area contributed by atoms with Gasteiger partial charge in [-0.15, -0.1) is 0 Å². The average molecular weight is 310 g/mol. The summed E-state index contributed by atoms with van der Waals surface area (Å²) < 4.78 is 20.3. The van der Waals surface area contributed by atoms with Gasteiger partial charge < -0.3 is 10.3 Å². The van der Waals surface area contributed by atoms with E-state index in [1.807, 2.05) is 6.07 Å². The Kier molecular flexibility index (Phi) is 3.00. The predicted molar refractivity (Wildman–Crippen MR) is 80.7 cm³/mol. The number of benzene rings is 1. The second kappa shape index (κ2) is 5.16. The van der Waals surface area contributed by atoms with Crippen molar-refractivity contribution in [1.29, 1.82) is 0 Å². The van der Waals surface area contributed by atoms with Gasteiger partial charge in [0.2, 0.25) is 5.82 Å². The summed E-state index contributed by atoms with van der Waals surface area (Å²) in [4.78, 5) is 8.31. The van der Waals surface area contributed by atoms with Gasteiger partial charge in [0.15, 0.2) is 5.65 Å². The first-order chi connectivity index (χ1) is 11.2. The Morgan fingerprint density at radius 2 is 2.04 bits per heavy atom. The maximum absolute atomic E-state index is 13.9. The summed E-state index contributed by atoms with van der Waals surface area (Å²) in [5.41, 5.74) is 7.08. The van der Waals surface area contributed by atoms with Crippen LogP contribution >= 0.6 is 0 Å². The molecule has 114 valence electrons. The Bertz CT molecular complexity index is 992. The van der Waals surface area contributed by atoms with Gasteiger partial charge in [-0.3, -0.25) is 0 Å². The normalized spacial score (nSPS) is 11.2. The number of hydrogen-bond donors (Lipinski definition) is 1. The molecule has 8 heteroatoms. The lowest BCUT2D eigenvalue weighted by Crippen LogP contribution is -2.04. The van der Waals surface area contributed by atoms with Gasteiger partial charge in [0.25, 0.3) is 0 Å². The van der Waals surface area contributed by atoms with Crippen molar-refractivity contribution in [3.63, 3.8) is 0 Å². The summed E-state index contributed by atoms with van der Waals surface area (Å²) in [6.07, 6.45) is 1.65. The molecule has 3 heterocycles. The highest BCUT2D eigenvalue weighted by molar-refractivity contribution is 5.89. The Labute approximate surface area is 129 Å². The number of anilines is 1. The lowest BCUT2D eigenvalue weighted by atomic mass is 10.2. The van der Waals surface area contributed by atoms with Crippen LogP contribution in [0.4, 0.5) is 10.4 Å². The number of fused-ring (bicyclic) bond motifs is 1. The molecule has 0 saturated carbocycles. The van der Waals surface area contributed by atoms with Crippen molar-refractivity contribution >= 4 is 17.0 Å². The molecule has 23 heavy (non-hydrogen) atoms. The molecule has 0 amide bonds. The standard InChI is InChI=1S/C15H11FN6O/c16-11-6-2-1-4-9(11)8-22-14-10(5-3-7-18-14)12(20-22)13-19-15(17)23-21-13/h1-7H,8H2,(H2,17,19,21). The first-order valence-corrected chi connectivity index (χ1v) is 6.87. The average Bonchev–Trinajstić information content (AvgIpc) is 3.14. The number of pyridine rings is 1. The van der Waals surface area contributed by atoms with Gasteiger partial charge in [-0.2, -0.15) is 10.1 Å². The van der Waals surface area contributed by atoms with E-state index in [0.717, 1.165) is 5.39 Å². The van der Waals surface area contributed by atoms with Gasteiger partial charge in [0, 0.05) is 11.8 Å². The van der Waals surface area contributed by atoms with E-state index in [9.17, 15) is 4.39 Å². The number of nitrogen functional groups attached to an aromatic ring is 1. The van der Waals surface area contributed by atoms with Crippen LogP contribution in [0.2, 0.25) is 0 Å². The van der Waals surface area contributed by atoms with Crippen LogP contribution in [0, 0.1) is 5.82 Å². The smallest absolute Gasteiger partial charge is 0.319 e. The number of nitrogens with zero attached hydrogens (tertiary/aromatic N) is 5. The van der Waals surface area contributed by atoms with Crippen molar-refractivity contribution in [1.82, 2.24) is 24.9 Å². The molecule has 7 nitrogen and oxygen atoms in total. The molecular weight excluding hydrogens is 299 g/mol. The quantitative estimate of drug-likeness (QED) is 0.623. The summed E-state index contributed by atoms with van der Waals surface area (Å²) in [6, 6.07) is 10.1. The Morgan fingerprint density at radius 1 is 1.17 bits per heavy atom. The van der Waals surface area contributed by atoms with Crippen molar-refractivity contribution in [2.75, 3.05) is 5.73 Å². The maximum Gasteiger partial charge on any atom is 0.319 e. The molecule has 1 aromatic carbocycles. The molecular formula is C15H11FN6O. The van der Waals surface area contributed by atoms with Gasteiger partial charge in [0.05, 0.1) is 11.9 Å². The highest BCUT2D eigenvalue weighted by Gasteiger charge is 2.18. The van der Waals surface area contributed by atoms with E-state index in [1.54, 1.807) is 35.1 Å². The Hall–Kier alpha value is -3.29. The number of halogens is 1. The molecule has 0 aliphatic carbocycles. The van der Waals surface area contributed by atoms with Crippen molar-refractivity contribution in [3.8, 4) is 11.5 Å². The van der Waals surface area contributed by atoms with E-state index in [2.05, 4.69) is 20.2 Å². The molecule has 3 aromatic heterocycles. The van der Waals surface area contributed by atoms with E-state index in [4.69, 9.17) is 10.3 Å². The Morgan fingerprint density at radius 3 is 2.83 bits per heavy atom. The zero-order valence-corrected chi connectivity index (χ0v) is 11.8. The van der Waals surface area contributed by atoms with Crippen LogP contribution in [0.1, 0.15) is 5.56 Å². The summed E-state index contributed by atoms with van der Waals surface area (Å²) >= 11 is 0.